The van der Waals surface area contributed by atoms with Gasteiger partial charge in [0.2, 0.25) is 0 Å². The number of ether oxygens (including phenoxy) is 1. The van der Waals surface area contributed by atoms with E-state index in [4.69, 9.17) is 4.74 Å². The molecule has 1 atom stereocenters. The number of pyridine rings is 1. The number of methoxy groups -OCH3 is 1. The minimum Gasteiger partial charge on any atom is -0.382 e. The molecule has 0 spiro atoms. The van der Waals surface area contributed by atoms with Gasteiger partial charge < -0.3 is 15.0 Å². The number of hydrogen-bond donors (Lipinski definition) is 3. The number of nitrogens with one attached hydrogen (secondary N) is 3. The number of benzene rings is 1. The van der Waals surface area contributed by atoms with E-state index < -0.39 is 0 Å². The molecule has 3 aromatic rings. The molecule has 1 aliphatic rings. The van der Waals surface area contributed by atoms with E-state index in [1.165, 1.54) is 12.8 Å². The van der Waals surface area contributed by atoms with E-state index in [0.717, 1.165) is 35.4 Å². The van der Waals surface area contributed by atoms with E-state index in [9.17, 15) is 4.79 Å². The minimum absolute atomic E-state index is 0.246. The SMILES string of the molecule is COCC(NC(=O)Nc1cc2[nH]nc(N3CCCC3)c2cn1)c1ccccc1. The monoisotopic (exact) mass is 380 g/mol. The topological polar surface area (TPSA) is 95.2 Å². The number of anilines is 2. The molecule has 2 amide bonds. The van der Waals surface area contributed by atoms with Gasteiger partial charge in [0.1, 0.15) is 5.82 Å². The van der Waals surface area contributed by atoms with Crippen molar-refractivity contribution in [2.45, 2.75) is 18.9 Å². The Morgan fingerprint density at radius 2 is 2.07 bits per heavy atom. The predicted octanol–water partition coefficient (Wildman–Crippen LogP) is 3.07. The number of rotatable bonds is 6. The van der Waals surface area contributed by atoms with Crippen molar-refractivity contribution in [2.24, 2.45) is 0 Å². The molecule has 146 valence electrons. The van der Waals surface area contributed by atoms with Crippen molar-refractivity contribution in [3.63, 3.8) is 0 Å². The third-order valence-electron chi connectivity index (χ3n) is 4.91. The zero-order chi connectivity index (χ0) is 19.3. The Bertz CT molecular complexity index is 936. The number of urea groups is 1. The quantitative estimate of drug-likeness (QED) is 0.611. The normalized spacial score (nSPS) is 15.0. The second-order valence-corrected chi connectivity index (χ2v) is 6.87. The lowest BCUT2D eigenvalue weighted by atomic mass is 10.1. The van der Waals surface area contributed by atoms with Crippen molar-refractivity contribution in [3.8, 4) is 0 Å². The lowest BCUT2D eigenvalue weighted by molar-refractivity contribution is 0.168. The number of amides is 2. The Labute approximate surface area is 163 Å². The summed E-state index contributed by atoms with van der Waals surface area (Å²) in [6.45, 7) is 2.41. The number of H-pyrrole nitrogens is 1. The number of hydrogen-bond acceptors (Lipinski definition) is 5. The molecule has 8 nitrogen and oxygen atoms in total. The number of carbonyl (C=O) groups excluding carboxylic acids is 1. The molecule has 1 saturated heterocycles. The van der Waals surface area contributed by atoms with Crippen LogP contribution >= 0.6 is 0 Å². The molecule has 1 fully saturated rings. The highest BCUT2D eigenvalue weighted by Crippen LogP contribution is 2.27. The van der Waals surface area contributed by atoms with E-state index in [2.05, 4.69) is 30.7 Å². The summed E-state index contributed by atoms with van der Waals surface area (Å²) in [5.41, 5.74) is 1.83. The van der Waals surface area contributed by atoms with Crippen molar-refractivity contribution in [1.82, 2.24) is 20.5 Å². The first kappa shape index (κ1) is 18.2. The standard InChI is InChI=1S/C20H24N6O2/c1-28-13-17(14-7-3-2-4-8-14)22-20(27)23-18-11-16-15(12-21-18)19(25-24-16)26-9-5-6-10-26/h2-4,7-8,11-12,17H,5-6,9-10,13H2,1H3,(H,24,25)(H2,21,22,23,27). The maximum atomic E-state index is 12.5. The van der Waals surface area contributed by atoms with Crippen molar-refractivity contribution >= 4 is 28.6 Å². The number of fused-ring (bicyclic) bond motifs is 1. The maximum Gasteiger partial charge on any atom is 0.320 e. The van der Waals surface area contributed by atoms with Crippen molar-refractivity contribution < 1.29 is 9.53 Å². The van der Waals surface area contributed by atoms with Gasteiger partial charge >= 0.3 is 6.03 Å². The molecule has 1 aliphatic heterocycles. The van der Waals surface area contributed by atoms with Crippen molar-refractivity contribution in [3.05, 3.63) is 48.2 Å². The van der Waals surface area contributed by atoms with Crippen LogP contribution < -0.4 is 15.5 Å². The molecule has 0 bridgehead atoms. The molecule has 2 aromatic heterocycles. The van der Waals surface area contributed by atoms with Gasteiger partial charge in [-0.1, -0.05) is 30.3 Å². The number of aromatic amines is 1. The highest BCUT2D eigenvalue weighted by Gasteiger charge is 2.19. The molecular weight excluding hydrogens is 356 g/mol. The molecule has 3 N–H and O–H groups in total. The average molecular weight is 380 g/mol. The van der Waals surface area contributed by atoms with E-state index in [0.29, 0.717) is 12.4 Å². The van der Waals surface area contributed by atoms with E-state index in [-0.39, 0.29) is 12.1 Å². The van der Waals surface area contributed by atoms with E-state index >= 15 is 0 Å². The van der Waals surface area contributed by atoms with Crippen LogP contribution in [0.2, 0.25) is 0 Å². The highest BCUT2D eigenvalue weighted by atomic mass is 16.5. The Kier molecular flexibility index (Phi) is 5.38. The van der Waals surface area contributed by atoms with Gasteiger partial charge in [-0.05, 0) is 18.4 Å². The van der Waals surface area contributed by atoms with Gasteiger partial charge in [-0.2, -0.15) is 5.10 Å². The van der Waals surface area contributed by atoms with Gasteiger partial charge in [-0.15, -0.1) is 0 Å². The Morgan fingerprint density at radius 1 is 1.29 bits per heavy atom. The molecule has 28 heavy (non-hydrogen) atoms. The Balaban J connectivity index is 1.45. The summed E-state index contributed by atoms with van der Waals surface area (Å²) in [7, 11) is 1.61. The van der Waals surface area contributed by atoms with Crippen LogP contribution in [0, 0.1) is 0 Å². The molecule has 0 aliphatic carbocycles. The van der Waals surface area contributed by atoms with Crippen LogP contribution in [0.4, 0.5) is 16.4 Å². The number of aromatic nitrogens is 3. The minimum atomic E-state index is -0.336. The van der Waals surface area contributed by atoms with Crippen LogP contribution in [-0.4, -0.2) is 48.0 Å². The maximum absolute atomic E-state index is 12.5. The van der Waals surface area contributed by atoms with Crippen LogP contribution in [0.25, 0.3) is 10.9 Å². The fraction of sp³-hybridized carbons (Fsp3) is 0.350. The van der Waals surface area contributed by atoms with Gasteiger partial charge in [0.15, 0.2) is 5.82 Å². The Morgan fingerprint density at radius 3 is 2.82 bits per heavy atom. The summed E-state index contributed by atoms with van der Waals surface area (Å²) < 4.78 is 5.24. The van der Waals surface area contributed by atoms with Crippen LogP contribution in [0.1, 0.15) is 24.4 Å². The summed E-state index contributed by atoms with van der Waals surface area (Å²) in [6, 6.07) is 10.9. The molecule has 0 saturated carbocycles. The molecule has 1 aromatic carbocycles. The summed E-state index contributed by atoms with van der Waals surface area (Å²) in [6.07, 6.45) is 4.13. The van der Waals surface area contributed by atoms with Crippen molar-refractivity contribution in [1.29, 1.82) is 0 Å². The average Bonchev–Trinajstić information content (AvgIpc) is 3.37. The van der Waals surface area contributed by atoms with E-state index in [1.807, 2.05) is 30.3 Å². The van der Waals surface area contributed by atoms with Gasteiger partial charge in [0, 0.05) is 32.5 Å². The van der Waals surface area contributed by atoms with E-state index in [1.54, 1.807) is 19.4 Å². The second-order valence-electron chi connectivity index (χ2n) is 6.87. The zero-order valence-electron chi connectivity index (χ0n) is 15.8. The van der Waals surface area contributed by atoms with Crippen LogP contribution in [0.3, 0.4) is 0 Å². The van der Waals surface area contributed by atoms with Crippen LogP contribution in [0.5, 0.6) is 0 Å². The largest absolute Gasteiger partial charge is 0.382 e. The van der Waals surface area contributed by atoms with Crippen molar-refractivity contribution in [2.75, 3.05) is 37.0 Å². The smallest absolute Gasteiger partial charge is 0.320 e. The summed E-state index contributed by atoms with van der Waals surface area (Å²) in [5, 5.41) is 14.2. The van der Waals surface area contributed by atoms with Gasteiger partial charge in [0.05, 0.1) is 23.6 Å². The molecule has 1 unspecified atom stereocenters. The molecule has 0 radical (unpaired) electrons. The number of nitrogens with zero attached hydrogens (tertiary/aromatic N) is 3. The van der Waals surface area contributed by atoms with Gasteiger partial charge in [-0.3, -0.25) is 10.4 Å². The van der Waals surface area contributed by atoms with Gasteiger partial charge in [-0.25, -0.2) is 9.78 Å². The summed E-state index contributed by atoms with van der Waals surface area (Å²) in [5.74, 6) is 1.39. The second kappa shape index (κ2) is 8.26. The molecular formula is C20H24N6O2. The first-order chi connectivity index (χ1) is 13.7. The first-order valence-electron chi connectivity index (χ1n) is 9.45. The first-order valence-corrected chi connectivity index (χ1v) is 9.45. The van der Waals surface area contributed by atoms with Gasteiger partial charge in [0.25, 0.3) is 0 Å². The molecule has 3 heterocycles. The lowest BCUT2D eigenvalue weighted by Crippen LogP contribution is -2.35. The third kappa shape index (κ3) is 3.91. The molecule has 8 heteroatoms. The number of carbonyl (C=O) groups is 1. The Hall–Kier alpha value is -3.13. The molecule has 4 rings (SSSR count). The lowest BCUT2D eigenvalue weighted by Gasteiger charge is -2.18. The highest BCUT2D eigenvalue weighted by molar-refractivity contribution is 5.94. The predicted molar refractivity (Wildman–Crippen MR) is 109 cm³/mol. The zero-order valence-corrected chi connectivity index (χ0v) is 15.8. The fourth-order valence-electron chi connectivity index (χ4n) is 3.52. The summed E-state index contributed by atoms with van der Waals surface area (Å²) >= 11 is 0. The fourth-order valence-corrected chi connectivity index (χ4v) is 3.52. The third-order valence-corrected chi connectivity index (χ3v) is 4.91. The summed E-state index contributed by atoms with van der Waals surface area (Å²) in [4.78, 5) is 19.1. The van der Waals surface area contributed by atoms with Crippen LogP contribution in [-0.2, 0) is 4.74 Å². The van der Waals surface area contributed by atoms with Crippen LogP contribution in [0.15, 0.2) is 42.6 Å².